The Labute approximate surface area is 441 Å². The highest BCUT2D eigenvalue weighted by Crippen LogP contribution is 2.60. The van der Waals surface area contributed by atoms with Crippen molar-refractivity contribution >= 4 is 39.2 Å². The smallest absolute Gasteiger partial charge is 0.462 e. The van der Waals surface area contributed by atoms with Gasteiger partial charge in [-0.3, -0.25) is 28.0 Å². The number of fused-ring (bicyclic) bond motifs is 3. The molecule has 0 amide bonds. The molecule has 2 unspecified atom stereocenters. The number of phosphoric acid groups is 2. The van der Waals surface area contributed by atoms with Crippen LogP contribution in [-0.2, 0) is 51.1 Å². The van der Waals surface area contributed by atoms with E-state index in [1.165, 1.54) is 62.9 Å². The third kappa shape index (κ3) is 27.0. The Bertz CT molecular complexity index is 2120. The lowest BCUT2D eigenvalue weighted by Gasteiger charge is -2.38. The molecule has 75 heavy (non-hydrogen) atoms. The molecule has 8 N–H and O–H groups in total. The van der Waals surface area contributed by atoms with Crippen molar-refractivity contribution in [1.29, 1.82) is 0 Å². The fraction of sp³-hybridized carbons (Fsp3) is 0.712. The van der Waals surface area contributed by atoms with Crippen molar-refractivity contribution in [2.75, 3.05) is 25.6 Å². The highest BCUT2D eigenvalue weighted by molar-refractivity contribution is 7.61. The second-order valence-corrected chi connectivity index (χ2v) is 22.2. The number of nitrogens with two attached hydrogens (primary N) is 1. The maximum absolute atomic E-state index is 14.3. The predicted octanol–water partition coefficient (Wildman–Crippen LogP) is 7.92. The first-order chi connectivity index (χ1) is 35.9. The summed E-state index contributed by atoms with van der Waals surface area (Å²) in [6.45, 7) is 1.44. The van der Waals surface area contributed by atoms with Gasteiger partial charge in [0.25, 0.3) is 0 Å². The predicted molar refractivity (Wildman–Crippen MR) is 280 cm³/mol. The monoisotopic (exact) mass is 1100 g/mol. The van der Waals surface area contributed by atoms with Gasteiger partial charge in [-0.2, -0.15) is 9.29 Å². The van der Waals surface area contributed by atoms with E-state index in [4.69, 9.17) is 29.0 Å². The number of carbonyl (C=O) groups excluding carboxylic acids is 3. The number of aliphatic hydroxyl groups excluding tert-OH is 4. The number of phosphoric ester groups is 2. The van der Waals surface area contributed by atoms with Gasteiger partial charge in [-0.1, -0.05) is 133 Å². The minimum absolute atomic E-state index is 0.00838. The zero-order valence-electron chi connectivity index (χ0n) is 43.8. The van der Waals surface area contributed by atoms with Gasteiger partial charge in [0.2, 0.25) is 0 Å². The van der Waals surface area contributed by atoms with E-state index in [2.05, 4.69) is 40.5 Å². The quantitative estimate of drug-likeness (QED) is 0.0224. The Hall–Kier alpha value is -3.69. The summed E-state index contributed by atoms with van der Waals surface area (Å²) in [5.74, 6) is -5.00. The van der Waals surface area contributed by atoms with E-state index in [1.54, 1.807) is 0 Å². The largest absolute Gasteiger partial charge is 0.481 e. The summed E-state index contributed by atoms with van der Waals surface area (Å²) in [5, 5.41) is 45.5. The first kappa shape index (κ1) is 65.6. The van der Waals surface area contributed by atoms with E-state index in [0.717, 1.165) is 36.7 Å². The number of rotatable bonds is 24. The molecule has 0 spiro atoms. The first-order valence-electron chi connectivity index (χ1n) is 26.8. The number of hydrogen-bond acceptors (Lipinski definition) is 18. The number of nitrogen functional groups attached to an aromatic ring is 1. The molecule has 0 aromatic carbocycles. The first-order valence-corrected chi connectivity index (χ1v) is 29.7. The fourth-order valence-corrected chi connectivity index (χ4v) is 10.6. The molecule has 2 aliphatic heterocycles. The molecule has 3 rings (SSSR count). The average Bonchev–Trinajstić information content (AvgIpc) is 3.35. The van der Waals surface area contributed by atoms with Crippen molar-refractivity contribution < 1.29 is 81.3 Å². The highest BCUT2D eigenvalue weighted by Gasteiger charge is 2.45. The van der Waals surface area contributed by atoms with Crippen LogP contribution in [-0.4, -0.2) is 114 Å². The van der Waals surface area contributed by atoms with Gasteiger partial charge in [0.05, 0.1) is 37.4 Å². The van der Waals surface area contributed by atoms with Gasteiger partial charge >= 0.3 is 33.3 Å². The Balaban J connectivity index is 1.74. The van der Waals surface area contributed by atoms with Crippen LogP contribution in [0.1, 0.15) is 168 Å². The van der Waals surface area contributed by atoms with Crippen molar-refractivity contribution in [3.63, 3.8) is 0 Å². The molecule has 2 fully saturated rings. The number of unbranched alkanes of at least 4 members (excludes halogenated alkanes) is 9. The van der Waals surface area contributed by atoms with Gasteiger partial charge in [0, 0.05) is 31.4 Å². The van der Waals surface area contributed by atoms with Crippen LogP contribution >= 0.6 is 15.6 Å². The number of allylic oxidation sites excluding steroid dienone is 6. The number of aliphatic hydroxyl groups is 4. The number of ether oxygens (including phenoxy) is 3. The summed E-state index contributed by atoms with van der Waals surface area (Å²) in [5.41, 5.74) is 4.75. The van der Waals surface area contributed by atoms with E-state index in [9.17, 15) is 58.5 Å². The normalized spacial score (nSPS) is 29.0. The van der Waals surface area contributed by atoms with Gasteiger partial charge < -0.3 is 50.2 Å². The van der Waals surface area contributed by atoms with Crippen LogP contribution in [0.2, 0.25) is 0 Å². The number of carbonyl (C=O) groups is 3. The third-order valence-corrected chi connectivity index (χ3v) is 15.4. The molecule has 2 aliphatic rings. The van der Waals surface area contributed by atoms with Gasteiger partial charge in [0.15, 0.2) is 6.10 Å². The van der Waals surface area contributed by atoms with Crippen LogP contribution in [0, 0.1) is 11.8 Å². The summed E-state index contributed by atoms with van der Waals surface area (Å²) < 4.78 is 58.9. The molecule has 2 saturated heterocycles. The topological polar surface area (TPSA) is 323 Å². The number of Topliss-reactive ketones (excluding diaryl/α,β-unsaturated/α-hetero) is 1. The lowest BCUT2D eigenvalue weighted by atomic mass is 9.83. The summed E-state index contributed by atoms with van der Waals surface area (Å²) in [6, 6.07) is 1.23. The molecular formula is C52H85N3O18P2. The van der Waals surface area contributed by atoms with Gasteiger partial charge in [-0.25, -0.2) is 13.9 Å². The number of hydrogen-bond donors (Lipinski definition) is 7. The van der Waals surface area contributed by atoms with Gasteiger partial charge in [0.1, 0.15) is 36.6 Å². The Morgan fingerprint density at radius 1 is 0.840 bits per heavy atom. The van der Waals surface area contributed by atoms with E-state index >= 15 is 0 Å². The molecule has 0 radical (unpaired) electrons. The standard InChI is InChI=1S/C52H85N3O18P2/c1-3-5-7-8-9-10-11-12-13-14-15-16-17-18-19-20-25-29-47(59)68-36-40-37-69-74(64,65)73-75(66,67)70-38-45-50(62)49(61)41(32-31-39(56)27-23-6-4-2)43(57)35-44(58)42(28-24-21-22-26-30-48(60)71-40)51(72-45)55-34-33-46(53)54-52(55)63/h12-13,15-16,18-19,31-34,39-43,45,49-51,56-57,61-62H,3-11,14,17,20-30,35-38H2,1-2H3,(H,64,65)(H,66,67)(H2,53,54,63)/b13-12-,16-15-,19-18-,32-31-/t39-,40+,41-,42-,43+,45+,49-,50+,51+/m0/s1. The Morgan fingerprint density at radius 2 is 1.47 bits per heavy atom. The average molecular weight is 1100 g/mol. The van der Waals surface area contributed by atoms with E-state index in [1.807, 2.05) is 19.1 Å². The fourth-order valence-electron chi connectivity index (χ4n) is 8.51. The number of cyclic esters (lactones) is 1. The molecule has 426 valence electrons. The zero-order valence-corrected chi connectivity index (χ0v) is 45.6. The number of aromatic nitrogens is 2. The van der Waals surface area contributed by atoms with Crippen molar-refractivity contribution in [2.45, 2.75) is 204 Å². The lowest BCUT2D eigenvalue weighted by molar-refractivity contribution is -0.184. The zero-order chi connectivity index (χ0) is 55.1. The molecule has 11 atom stereocenters. The van der Waals surface area contributed by atoms with Gasteiger partial charge in [-0.05, 0) is 63.9 Å². The van der Waals surface area contributed by atoms with E-state index in [0.29, 0.717) is 44.9 Å². The summed E-state index contributed by atoms with van der Waals surface area (Å²) in [6.07, 6.45) is 19.1. The van der Waals surface area contributed by atoms with E-state index < -0.39 is 120 Å². The summed E-state index contributed by atoms with van der Waals surface area (Å²) >= 11 is 0. The van der Waals surface area contributed by atoms with Crippen LogP contribution in [0.3, 0.4) is 0 Å². The van der Waals surface area contributed by atoms with Crippen molar-refractivity contribution in [1.82, 2.24) is 9.55 Å². The SMILES string of the molecule is CCCCCCCC/C=C\C/C=C\C/C=C\CCCC(=O)OC[C@@H]1COP(=O)(O)OP(=O)(O)OC[C@H]2O[C@@H](n3ccc(N)nc3=O)[C@@H](CCCCCCC(=O)O1)C(=O)C[C@@H](O)[C@H](/C=C\[C@@H](O)CCCCC)[C@H](O)[C@@H]2O. The van der Waals surface area contributed by atoms with Crippen molar-refractivity contribution in [3.05, 3.63) is 71.4 Å². The molecule has 0 aliphatic carbocycles. The molecular weight excluding hydrogens is 1020 g/mol. The Kier molecular flexibility index (Phi) is 31.8. The minimum atomic E-state index is -5.72. The molecule has 1 aromatic heterocycles. The molecule has 0 saturated carbocycles. The number of anilines is 1. The molecule has 1 aromatic rings. The number of nitrogens with zero attached hydrogens (tertiary/aromatic N) is 2. The van der Waals surface area contributed by atoms with E-state index in [-0.39, 0.29) is 31.5 Å². The summed E-state index contributed by atoms with van der Waals surface area (Å²) in [4.78, 5) is 78.4. The van der Waals surface area contributed by atoms with Crippen LogP contribution in [0.4, 0.5) is 5.82 Å². The number of esters is 2. The second kappa shape index (κ2) is 36.4. The van der Waals surface area contributed by atoms with Crippen molar-refractivity contribution in [2.24, 2.45) is 11.8 Å². The Morgan fingerprint density at radius 3 is 2.16 bits per heavy atom. The minimum Gasteiger partial charge on any atom is -0.462 e. The van der Waals surface area contributed by atoms with Crippen LogP contribution in [0.15, 0.2) is 65.7 Å². The molecule has 21 nitrogen and oxygen atoms in total. The summed E-state index contributed by atoms with van der Waals surface area (Å²) in [7, 11) is -11.3. The third-order valence-electron chi connectivity index (χ3n) is 12.8. The second-order valence-electron chi connectivity index (χ2n) is 19.2. The maximum Gasteiger partial charge on any atom is 0.481 e. The van der Waals surface area contributed by atoms with Crippen molar-refractivity contribution in [3.8, 4) is 0 Å². The van der Waals surface area contributed by atoms with Crippen LogP contribution in [0.25, 0.3) is 0 Å². The maximum atomic E-state index is 14.3. The molecule has 2 bridgehead atoms. The lowest BCUT2D eigenvalue weighted by Crippen LogP contribution is -2.51. The number of ketones is 1. The van der Waals surface area contributed by atoms with Crippen LogP contribution in [0.5, 0.6) is 0 Å². The van der Waals surface area contributed by atoms with Gasteiger partial charge in [-0.15, -0.1) is 0 Å². The molecule has 3 heterocycles. The molecule has 23 heteroatoms. The highest BCUT2D eigenvalue weighted by atomic mass is 31.3. The van der Waals surface area contributed by atoms with Crippen LogP contribution < -0.4 is 11.4 Å².